The van der Waals surface area contributed by atoms with Gasteiger partial charge < -0.3 is 23.6 Å². The highest BCUT2D eigenvalue weighted by Gasteiger charge is 2.20. The van der Waals surface area contributed by atoms with Crippen LogP contribution < -0.4 is 14.8 Å². The molecular formula is C18H19N3O5S. The first-order valence-corrected chi connectivity index (χ1v) is 8.97. The molecule has 1 atom stereocenters. The summed E-state index contributed by atoms with van der Waals surface area (Å²) in [6.45, 7) is 3.57. The Labute approximate surface area is 160 Å². The monoisotopic (exact) mass is 389 g/mol. The van der Waals surface area contributed by atoms with Gasteiger partial charge in [0.25, 0.3) is 11.1 Å². The fraction of sp³-hybridized carbons (Fsp3) is 0.278. The first-order valence-electron chi connectivity index (χ1n) is 8.09. The van der Waals surface area contributed by atoms with E-state index in [0.29, 0.717) is 34.1 Å². The summed E-state index contributed by atoms with van der Waals surface area (Å²) in [6, 6.07) is 6.91. The summed E-state index contributed by atoms with van der Waals surface area (Å²) in [5.74, 6) is 1.97. The summed E-state index contributed by atoms with van der Waals surface area (Å²) in [4.78, 5) is 12.5. The Bertz CT molecular complexity index is 937. The van der Waals surface area contributed by atoms with E-state index >= 15 is 0 Å². The van der Waals surface area contributed by atoms with E-state index < -0.39 is 5.25 Å². The molecule has 0 aliphatic carbocycles. The summed E-state index contributed by atoms with van der Waals surface area (Å²) in [5.41, 5.74) is 1.34. The van der Waals surface area contributed by atoms with Crippen molar-refractivity contribution in [2.45, 2.75) is 24.3 Å². The summed E-state index contributed by atoms with van der Waals surface area (Å²) in [5, 5.41) is 10.7. The average Bonchev–Trinajstić information content (AvgIpc) is 3.30. The van der Waals surface area contributed by atoms with Crippen LogP contribution in [-0.4, -0.2) is 35.6 Å². The second-order valence-electron chi connectivity index (χ2n) is 5.58. The van der Waals surface area contributed by atoms with Crippen LogP contribution in [0.25, 0.3) is 11.5 Å². The maximum absolute atomic E-state index is 12.5. The maximum Gasteiger partial charge on any atom is 0.277 e. The van der Waals surface area contributed by atoms with Crippen LogP contribution in [0.4, 0.5) is 5.69 Å². The molecule has 142 valence electrons. The molecule has 1 N–H and O–H groups in total. The van der Waals surface area contributed by atoms with Crippen molar-refractivity contribution >= 4 is 23.4 Å². The van der Waals surface area contributed by atoms with E-state index in [1.807, 2.05) is 6.92 Å². The lowest BCUT2D eigenvalue weighted by Crippen LogP contribution is -2.22. The predicted octanol–water partition coefficient (Wildman–Crippen LogP) is 3.77. The molecule has 2 heterocycles. The minimum atomic E-state index is -0.447. The van der Waals surface area contributed by atoms with Crippen molar-refractivity contribution in [3.05, 3.63) is 36.3 Å². The molecule has 0 saturated heterocycles. The fourth-order valence-corrected chi connectivity index (χ4v) is 3.02. The third-order valence-corrected chi connectivity index (χ3v) is 4.73. The lowest BCUT2D eigenvalue weighted by atomic mass is 10.2. The summed E-state index contributed by atoms with van der Waals surface area (Å²) in [7, 11) is 3.09. The number of nitrogens with one attached hydrogen (secondary N) is 1. The third kappa shape index (κ3) is 4.25. The van der Waals surface area contributed by atoms with Crippen LogP contribution in [-0.2, 0) is 4.79 Å². The Morgan fingerprint density at radius 1 is 1.19 bits per heavy atom. The Morgan fingerprint density at radius 2 is 1.96 bits per heavy atom. The van der Waals surface area contributed by atoms with E-state index in [1.165, 1.54) is 18.9 Å². The number of ether oxygens (including phenoxy) is 2. The van der Waals surface area contributed by atoms with Crippen molar-refractivity contribution in [3.8, 4) is 23.0 Å². The number of thioether (sulfide) groups is 1. The first kappa shape index (κ1) is 18.8. The van der Waals surface area contributed by atoms with Gasteiger partial charge in [-0.05, 0) is 32.0 Å². The molecule has 3 aromatic rings. The van der Waals surface area contributed by atoms with Gasteiger partial charge >= 0.3 is 0 Å². The van der Waals surface area contributed by atoms with Crippen molar-refractivity contribution in [2.24, 2.45) is 0 Å². The number of carbonyl (C=O) groups is 1. The van der Waals surface area contributed by atoms with Gasteiger partial charge in [-0.1, -0.05) is 11.8 Å². The topological polar surface area (TPSA) is 99.6 Å². The van der Waals surface area contributed by atoms with E-state index in [2.05, 4.69) is 15.5 Å². The van der Waals surface area contributed by atoms with Crippen LogP contribution in [0.1, 0.15) is 12.7 Å². The van der Waals surface area contributed by atoms with E-state index in [9.17, 15) is 4.79 Å². The molecule has 9 heteroatoms. The van der Waals surface area contributed by atoms with Crippen LogP contribution in [0.3, 0.4) is 0 Å². The van der Waals surface area contributed by atoms with E-state index in [1.54, 1.807) is 44.6 Å². The standard InChI is InChI=1S/C18H19N3O5S/c1-10-13(7-8-25-10)17-20-21-18(26-17)27-11(2)16(22)19-12-5-6-14(23-3)15(9-12)24-4/h5-9,11H,1-4H3,(H,19,22)/t11-/m0/s1. The molecule has 0 saturated carbocycles. The number of rotatable bonds is 7. The predicted molar refractivity (Wildman–Crippen MR) is 100 cm³/mol. The molecular weight excluding hydrogens is 370 g/mol. The van der Waals surface area contributed by atoms with Crippen molar-refractivity contribution in [1.29, 1.82) is 0 Å². The number of amides is 1. The van der Waals surface area contributed by atoms with Crippen molar-refractivity contribution in [3.63, 3.8) is 0 Å². The normalized spacial score (nSPS) is 11.9. The third-order valence-electron chi connectivity index (χ3n) is 3.79. The van der Waals surface area contributed by atoms with Gasteiger partial charge in [0.2, 0.25) is 5.91 Å². The Morgan fingerprint density at radius 3 is 2.63 bits per heavy atom. The van der Waals surface area contributed by atoms with Crippen LogP contribution >= 0.6 is 11.8 Å². The number of aryl methyl sites for hydroxylation is 1. The minimum Gasteiger partial charge on any atom is -0.493 e. The number of hydrogen-bond acceptors (Lipinski definition) is 8. The highest BCUT2D eigenvalue weighted by Crippen LogP contribution is 2.31. The lowest BCUT2D eigenvalue weighted by Gasteiger charge is -2.12. The van der Waals surface area contributed by atoms with Gasteiger partial charge in [-0.25, -0.2) is 0 Å². The highest BCUT2D eigenvalue weighted by atomic mass is 32.2. The summed E-state index contributed by atoms with van der Waals surface area (Å²) < 4.78 is 21.3. The zero-order valence-corrected chi connectivity index (χ0v) is 16.1. The molecule has 0 radical (unpaired) electrons. The van der Waals surface area contributed by atoms with E-state index in [0.717, 1.165) is 5.56 Å². The Balaban J connectivity index is 1.64. The zero-order chi connectivity index (χ0) is 19.4. The minimum absolute atomic E-state index is 0.202. The van der Waals surface area contributed by atoms with Gasteiger partial charge in [-0.3, -0.25) is 4.79 Å². The van der Waals surface area contributed by atoms with E-state index in [-0.39, 0.29) is 5.91 Å². The zero-order valence-electron chi connectivity index (χ0n) is 15.3. The average molecular weight is 389 g/mol. The Kier molecular flexibility index (Phi) is 5.70. The van der Waals surface area contributed by atoms with Crippen molar-refractivity contribution < 1.29 is 23.1 Å². The van der Waals surface area contributed by atoms with Gasteiger partial charge in [0.15, 0.2) is 11.5 Å². The van der Waals surface area contributed by atoms with Crippen molar-refractivity contribution in [2.75, 3.05) is 19.5 Å². The van der Waals surface area contributed by atoms with Gasteiger partial charge in [0.05, 0.1) is 31.3 Å². The van der Waals surface area contributed by atoms with Crippen LogP contribution in [0.15, 0.2) is 44.6 Å². The second-order valence-corrected chi connectivity index (χ2v) is 6.87. The molecule has 8 nitrogen and oxygen atoms in total. The number of methoxy groups -OCH3 is 2. The molecule has 27 heavy (non-hydrogen) atoms. The quantitative estimate of drug-likeness (QED) is 0.610. The van der Waals surface area contributed by atoms with Crippen LogP contribution in [0.5, 0.6) is 11.5 Å². The molecule has 0 bridgehead atoms. The molecule has 2 aromatic heterocycles. The summed E-state index contributed by atoms with van der Waals surface area (Å²) >= 11 is 1.17. The number of benzene rings is 1. The van der Waals surface area contributed by atoms with Crippen LogP contribution in [0.2, 0.25) is 0 Å². The molecule has 0 unspecified atom stereocenters. The fourth-order valence-electron chi connectivity index (χ4n) is 2.34. The number of aromatic nitrogens is 2. The molecule has 1 aromatic carbocycles. The number of hydrogen-bond donors (Lipinski definition) is 1. The summed E-state index contributed by atoms with van der Waals surface area (Å²) in [6.07, 6.45) is 1.56. The SMILES string of the molecule is COc1ccc(NC(=O)[C@H](C)Sc2nnc(-c3ccoc3C)o2)cc1OC. The Hall–Kier alpha value is -2.94. The molecule has 0 aliphatic rings. The molecule has 1 amide bonds. The smallest absolute Gasteiger partial charge is 0.277 e. The maximum atomic E-state index is 12.5. The van der Waals surface area contributed by atoms with Gasteiger partial charge in [0, 0.05) is 11.8 Å². The van der Waals surface area contributed by atoms with Crippen LogP contribution in [0, 0.1) is 6.92 Å². The molecule has 0 spiro atoms. The highest BCUT2D eigenvalue weighted by molar-refractivity contribution is 8.00. The van der Waals surface area contributed by atoms with E-state index in [4.69, 9.17) is 18.3 Å². The second kappa shape index (κ2) is 8.17. The lowest BCUT2D eigenvalue weighted by molar-refractivity contribution is -0.115. The van der Waals surface area contributed by atoms with Gasteiger partial charge in [-0.2, -0.15) is 0 Å². The van der Waals surface area contributed by atoms with Crippen molar-refractivity contribution in [1.82, 2.24) is 10.2 Å². The molecule has 0 fully saturated rings. The first-order chi connectivity index (χ1) is 13.0. The number of furan rings is 1. The van der Waals surface area contributed by atoms with Gasteiger partial charge in [0.1, 0.15) is 5.76 Å². The largest absolute Gasteiger partial charge is 0.493 e. The van der Waals surface area contributed by atoms with Gasteiger partial charge in [-0.15, -0.1) is 10.2 Å². The number of nitrogens with zero attached hydrogens (tertiary/aromatic N) is 2. The number of anilines is 1. The molecule has 0 aliphatic heterocycles. The molecule has 3 rings (SSSR count). The number of carbonyl (C=O) groups excluding carboxylic acids is 1.